The molecule has 0 saturated carbocycles. The molecule has 26 heavy (non-hydrogen) atoms. The van der Waals surface area contributed by atoms with Crippen LogP contribution in [0, 0.1) is 0 Å². The molecule has 1 heterocycles. The zero-order valence-electron chi connectivity index (χ0n) is 13.9. The smallest absolute Gasteiger partial charge is 0.335 e. The summed E-state index contributed by atoms with van der Waals surface area (Å²) < 4.78 is 1.85. The molecule has 130 valence electrons. The van der Waals surface area contributed by atoms with Crippen LogP contribution >= 0.6 is 0 Å². The lowest BCUT2D eigenvalue weighted by Gasteiger charge is -2.06. The Morgan fingerprint density at radius 3 is 2.42 bits per heavy atom. The van der Waals surface area contributed by atoms with Crippen LogP contribution in [0.5, 0.6) is 0 Å². The molecule has 0 aliphatic carbocycles. The molecule has 0 aliphatic rings. The molecule has 1 amide bonds. The van der Waals surface area contributed by atoms with Crippen molar-refractivity contribution in [2.24, 2.45) is 5.10 Å². The number of hydrazone groups is 1. The Kier molecular flexibility index (Phi) is 5.24. The van der Waals surface area contributed by atoms with Gasteiger partial charge in [-0.05, 0) is 42.0 Å². The van der Waals surface area contributed by atoms with Crippen LogP contribution in [0.2, 0.25) is 0 Å². The van der Waals surface area contributed by atoms with Crippen LogP contribution in [-0.2, 0) is 11.2 Å². The van der Waals surface area contributed by atoms with E-state index in [1.165, 1.54) is 0 Å². The van der Waals surface area contributed by atoms with Gasteiger partial charge in [0.2, 0.25) is 5.91 Å². The summed E-state index contributed by atoms with van der Waals surface area (Å²) in [5, 5.41) is 13.0. The maximum atomic E-state index is 11.9. The molecule has 2 aromatic carbocycles. The van der Waals surface area contributed by atoms with Crippen LogP contribution in [0.4, 0.5) is 0 Å². The molecule has 0 unspecified atom stereocenters. The van der Waals surface area contributed by atoms with E-state index < -0.39 is 5.97 Å². The van der Waals surface area contributed by atoms with Gasteiger partial charge in [0.15, 0.2) is 0 Å². The van der Waals surface area contributed by atoms with Gasteiger partial charge in [-0.1, -0.05) is 30.3 Å². The van der Waals surface area contributed by atoms with E-state index in [2.05, 4.69) is 10.5 Å². The molecule has 1 aromatic heterocycles. The van der Waals surface area contributed by atoms with Gasteiger partial charge in [0.05, 0.1) is 23.9 Å². The summed E-state index contributed by atoms with van der Waals surface area (Å²) in [4.78, 5) is 22.8. The number of carboxylic acids is 1. The van der Waals surface area contributed by atoms with Gasteiger partial charge in [-0.25, -0.2) is 10.2 Å². The number of hydrogen-bond acceptors (Lipinski definition) is 3. The Morgan fingerprint density at radius 2 is 1.73 bits per heavy atom. The highest BCUT2D eigenvalue weighted by Gasteiger charge is 2.05. The maximum absolute atomic E-state index is 11.9. The third-order valence-corrected chi connectivity index (χ3v) is 3.77. The molecule has 3 aromatic rings. The standard InChI is InChI=1S/C20H17N3O3/c24-19(13-15-5-2-1-3-6-15)22-21-14-18-7-4-12-23(18)17-10-8-16(9-11-17)20(25)26/h1-12,14H,13H2,(H,22,24)(H,25,26)/b21-14+. The van der Waals surface area contributed by atoms with Crippen molar-refractivity contribution >= 4 is 18.1 Å². The van der Waals surface area contributed by atoms with Gasteiger partial charge in [-0.3, -0.25) is 4.79 Å². The number of benzene rings is 2. The number of rotatable bonds is 6. The lowest BCUT2D eigenvalue weighted by Crippen LogP contribution is -2.19. The number of carboxylic acid groups (broad SMARTS) is 1. The highest BCUT2D eigenvalue weighted by atomic mass is 16.4. The maximum Gasteiger partial charge on any atom is 0.335 e. The van der Waals surface area contributed by atoms with E-state index in [-0.39, 0.29) is 17.9 Å². The first-order chi connectivity index (χ1) is 12.6. The predicted molar refractivity (Wildman–Crippen MR) is 98.6 cm³/mol. The molecule has 0 fully saturated rings. The summed E-state index contributed by atoms with van der Waals surface area (Å²) in [5.74, 6) is -1.16. The topological polar surface area (TPSA) is 83.7 Å². The van der Waals surface area contributed by atoms with E-state index in [1.54, 1.807) is 30.5 Å². The third-order valence-electron chi connectivity index (χ3n) is 3.77. The van der Waals surface area contributed by atoms with E-state index in [1.807, 2.05) is 53.2 Å². The van der Waals surface area contributed by atoms with Crippen LogP contribution in [0.3, 0.4) is 0 Å². The fourth-order valence-electron chi connectivity index (χ4n) is 2.49. The van der Waals surface area contributed by atoms with E-state index >= 15 is 0 Å². The number of nitrogens with one attached hydrogen (secondary N) is 1. The number of carbonyl (C=O) groups is 2. The van der Waals surface area contributed by atoms with E-state index in [9.17, 15) is 9.59 Å². The predicted octanol–water partition coefficient (Wildman–Crippen LogP) is 2.87. The van der Waals surface area contributed by atoms with Crippen LogP contribution in [0.25, 0.3) is 5.69 Å². The quantitative estimate of drug-likeness (QED) is 0.531. The summed E-state index contributed by atoms with van der Waals surface area (Å²) in [6.07, 6.45) is 3.65. The van der Waals surface area contributed by atoms with Gasteiger partial charge in [0.25, 0.3) is 0 Å². The number of amides is 1. The largest absolute Gasteiger partial charge is 0.478 e. The van der Waals surface area contributed by atoms with E-state index in [0.717, 1.165) is 16.9 Å². The Hall–Kier alpha value is -3.67. The Labute approximate surface area is 150 Å². The van der Waals surface area contributed by atoms with Crippen LogP contribution < -0.4 is 5.43 Å². The molecule has 0 saturated heterocycles. The Bertz CT molecular complexity index is 928. The van der Waals surface area contributed by atoms with Gasteiger partial charge in [0.1, 0.15) is 0 Å². The lowest BCUT2D eigenvalue weighted by atomic mass is 10.1. The molecule has 0 bridgehead atoms. The third kappa shape index (κ3) is 4.24. The Morgan fingerprint density at radius 1 is 1.00 bits per heavy atom. The molecule has 0 radical (unpaired) electrons. The van der Waals surface area contributed by atoms with Crippen LogP contribution in [-0.4, -0.2) is 27.8 Å². The highest BCUT2D eigenvalue weighted by molar-refractivity contribution is 5.88. The minimum Gasteiger partial charge on any atom is -0.478 e. The first-order valence-corrected chi connectivity index (χ1v) is 8.00. The number of aromatic carboxylic acids is 1. The van der Waals surface area contributed by atoms with Crippen molar-refractivity contribution in [2.75, 3.05) is 0 Å². The molecular formula is C20H17N3O3. The van der Waals surface area contributed by atoms with Crippen molar-refractivity contribution in [3.63, 3.8) is 0 Å². The van der Waals surface area contributed by atoms with E-state index in [0.29, 0.717) is 0 Å². The lowest BCUT2D eigenvalue weighted by molar-refractivity contribution is -0.120. The zero-order chi connectivity index (χ0) is 18.4. The second kappa shape index (κ2) is 7.94. The SMILES string of the molecule is O=C(Cc1ccccc1)N/N=C/c1cccn1-c1ccc(C(=O)O)cc1. The monoisotopic (exact) mass is 347 g/mol. The summed E-state index contributed by atoms with van der Waals surface area (Å²) >= 11 is 0. The van der Waals surface area contributed by atoms with Crippen molar-refractivity contribution in [1.82, 2.24) is 9.99 Å². The van der Waals surface area contributed by atoms with Crippen molar-refractivity contribution in [3.8, 4) is 5.69 Å². The molecule has 0 spiro atoms. The Balaban J connectivity index is 1.66. The van der Waals surface area contributed by atoms with Crippen molar-refractivity contribution < 1.29 is 14.7 Å². The first kappa shape index (κ1) is 17.2. The second-order valence-corrected chi connectivity index (χ2v) is 5.61. The summed E-state index contributed by atoms with van der Waals surface area (Å²) in [6.45, 7) is 0. The second-order valence-electron chi connectivity index (χ2n) is 5.61. The van der Waals surface area contributed by atoms with Crippen LogP contribution in [0.15, 0.2) is 78.0 Å². The van der Waals surface area contributed by atoms with Gasteiger partial charge < -0.3 is 9.67 Å². The molecule has 3 rings (SSSR count). The average Bonchev–Trinajstić information content (AvgIpc) is 3.11. The average molecular weight is 347 g/mol. The summed E-state index contributed by atoms with van der Waals surface area (Å²) in [5.41, 5.74) is 5.22. The molecule has 0 atom stereocenters. The number of carbonyl (C=O) groups excluding carboxylic acids is 1. The van der Waals surface area contributed by atoms with Crippen molar-refractivity contribution in [2.45, 2.75) is 6.42 Å². The molecule has 2 N–H and O–H groups in total. The summed E-state index contributed by atoms with van der Waals surface area (Å²) in [7, 11) is 0. The number of aromatic nitrogens is 1. The van der Waals surface area contributed by atoms with Gasteiger partial charge in [-0.15, -0.1) is 0 Å². The first-order valence-electron chi connectivity index (χ1n) is 8.00. The van der Waals surface area contributed by atoms with Crippen LogP contribution in [0.1, 0.15) is 21.6 Å². The molecule has 6 heteroatoms. The minimum atomic E-state index is -0.966. The van der Waals surface area contributed by atoms with E-state index in [4.69, 9.17) is 5.11 Å². The van der Waals surface area contributed by atoms with Gasteiger partial charge >= 0.3 is 5.97 Å². The highest BCUT2D eigenvalue weighted by Crippen LogP contribution is 2.13. The molecule has 6 nitrogen and oxygen atoms in total. The van der Waals surface area contributed by atoms with Gasteiger partial charge in [0, 0.05) is 11.9 Å². The summed E-state index contributed by atoms with van der Waals surface area (Å²) in [6, 6.07) is 19.6. The number of nitrogens with zero attached hydrogens (tertiary/aromatic N) is 2. The number of hydrogen-bond donors (Lipinski definition) is 2. The van der Waals surface area contributed by atoms with Crippen molar-refractivity contribution in [1.29, 1.82) is 0 Å². The fourth-order valence-corrected chi connectivity index (χ4v) is 2.49. The zero-order valence-corrected chi connectivity index (χ0v) is 13.9. The molecule has 0 aliphatic heterocycles. The minimum absolute atomic E-state index is 0.198. The normalized spacial score (nSPS) is 10.8. The molecular weight excluding hydrogens is 330 g/mol. The van der Waals surface area contributed by atoms with Gasteiger partial charge in [-0.2, -0.15) is 5.10 Å². The fraction of sp³-hybridized carbons (Fsp3) is 0.0500. The van der Waals surface area contributed by atoms with Crippen molar-refractivity contribution in [3.05, 3.63) is 89.7 Å².